The van der Waals surface area contributed by atoms with Crippen molar-refractivity contribution in [1.82, 2.24) is 0 Å². The quantitative estimate of drug-likeness (QED) is 0.850. The Labute approximate surface area is 112 Å². The van der Waals surface area contributed by atoms with Crippen LogP contribution in [0.1, 0.15) is 26.3 Å². The highest BCUT2D eigenvalue weighted by atomic mass is 19.1. The largest absolute Gasteiger partial charge is 0.497 e. The number of esters is 1. The van der Waals surface area contributed by atoms with Gasteiger partial charge in [-0.1, -0.05) is 0 Å². The smallest absolute Gasteiger partial charge is 0.323 e. The normalized spacial score (nSPS) is 12.9. The maximum Gasteiger partial charge on any atom is 0.323 e. The van der Waals surface area contributed by atoms with E-state index in [2.05, 4.69) is 0 Å². The molecule has 2 N–H and O–H groups in total. The molecule has 0 saturated heterocycles. The Morgan fingerprint density at radius 2 is 2.05 bits per heavy atom. The molecule has 19 heavy (non-hydrogen) atoms. The molecule has 1 unspecified atom stereocenters. The van der Waals surface area contributed by atoms with Crippen LogP contribution in [0.5, 0.6) is 5.75 Å². The molecule has 0 amide bonds. The van der Waals surface area contributed by atoms with Crippen LogP contribution in [-0.4, -0.2) is 24.7 Å². The van der Waals surface area contributed by atoms with Gasteiger partial charge in [0.2, 0.25) is 0 Å². The van der Waals surface area contributed by atoms with Crippen molar-refractivity contribution in [1.29, 1.82) is 0 Å². The highest BCUT2D eigenvalue weighted by Crippen LogP contribution is 2.18. The molecule has 0 radical (unpaired) electrons. The van der Waals surface area contributed by atoms with Crippen molar-refractivity contribution in [3.8, 4) is 5.75 Å². The number of benzene rings is 1. The van der Waals surface area contributed by atoms with E-state index >= 15 is 0 Å². The number of carbonyl (C=O) groups excluding carboxylic acids is 1. The van der Waals surface area contributed by atoms with Gasteiger partial charge in [0.05, 0.1) is 7.11 Å². The maximum absolute atomic E-state index is 13.6. The number of halogens is 1. The average Bonchev–Trinajstić information content (AvgIpc) is 2.29. The first-order valence-corrected chi connectivity index (χ1v) is 6.04. The first-order valence-electron chi connectivity index (χ1n) is 6.04. The van der Waals surface area contributed by atoms with Crippen LogP contribution in [0.4, 0.5) is 4.39 Å². The molecule has 1 aromatic carbocycles. The van der Waals surface area contributed by atoms with Gasteiger partial charge in [-0.2, -0.15) is 0 Å². The summed E-state index contributed by atoms with van der Waals surface area (Å²) in [5.41, 5.74) is 5.46. The molecule has 1 rings (SSSR count). The fourth-order valence-electron chi connectivity index (χ4n) is 1.53. The van der Waals surface area contributed by atoms with Crippen LogP contribution in [0.3, 0.4) is 0 Å². The summed E-state index contributed by atoms with van der Waals surface area (Å²) >= 11 is 0. The number of hydrogen-bond donors (Lipinski definition) is 1. The molecule has 5 heteroatoms. The number of hydrogen-bond acceptors (Lipinski definition) is 4. The second-order valence-electron chi connectivity index (χ2n) is 5.30. The molecule has 1 atom stereocenters. The van der Waals surface area contributed by atoms with E-state index in [0.717, 1.165) is 0 Å². The number of methoxy groups -OCH3 is 1. The molecule has 4 nitrogen and oxygen atoms in total. The minimum atomic E-state index is -0.902. The van der Waals surface area contributed by atoms with Crippen LogP contribution in [0, 0.1) is 5.82 Å². The summed E-state index contributed by atoms with van der Waals surface area (Å²) in [4.78, 5) is 11.7. The zero-order valence-electron chi connectivity index (χ0n) is 11.7. The zero-order chi connectivity index (χ0) is 14.6. The molecule has 0 aliphatic heterocycles. The summed E-state index contributed by atoms with van der Waals surface area (Å²) < 4.78 is 23.8. The van der Waals surface area contributed by atoms with E-state index in [-0.39, 0.29) is 6.42 Å². The molecule has 0 heterocycles. The molecule has 0 aliphatic carbocycles. The standard InChI is InChI=1S/C14H20FNO3/c1-14(2,3)19-13(17)12(16)8-9-7-10(18-4)5-6-11(9)15/h5-7,12H,8,16H2,1-4H3. The second kappa shape index (κ2) is 6.02. The lowest BCUT2D eigenvalue weighted by molar-refractivity contribution is -0.156. The fraction of sp³-hybridized carbons (Fsp3) is 0.500. The lowest BCUT2D eigenvalue weighted by atomic mass is 10.1. The first-order chi connectivity index (χ1) is 8.73. The summed E-state index contributed by atoms with van der Waals surface area (Å²) in [7, 11) is 1.49. The van der Waals surface area contributed by atoms with Crippen LogP contribution in [0.15, 0.2) is 18.2 Å². The van der Waals surface area contributed by atoms with Gasteiger partial charge in [0.15, 0.2) is 0 Å². The predicted octanol–water partition coefficient (Wildman–Crippen LogP) is 2.05. The number of rotatable bonds is 4. The third-order valence-electron chi connectivity index (χ3n) is 2.40. The molecule has 0 spiro atoms. The van der Waals surface area contributed by atoms with Crippen molar-refractivity contribution >= 4 is 5.97 Å². The van der Waals surface area contributed by atoms with Gasteiger partial charge in [-0.25, -0.2) is 4.39 Å². The van der Waals surface area contributed by atoms with Crippen molar-refractivity contribution in [3.63, 3.8) is 0 Å². The molecular weight excluding hydrogens is 249 g/mol. The topological polar surface area (TPSA) is 61.5 Å². The molecule has 0 aliphatic rings. The van der Waals surface area contributed by atoms with Crippen molar-refractivity contribution < 1.29 is 18.7 Å². The molecule has 0 saturated carbocycles. The van der Waals surface area contributed by atoms with E-state index in [1.165, 1.54) is 25.3 Å². The predicted molar refractivity (Wildman–Crippen MR) is 70.5 cm³/mol. The number of nitrogens with two attached hydrogens (primary N) is 1. The molecule has 106 valence electrons. The zero-order valence-corrected chi connectivity index (χ0v) is 11.7. The van der Waals surface area contributed by atoms with Crippen molar-refractivity contribution in [2.24, 2.45) is 5.73 Å². The van der Waals surface area contributed by atoms with Crippen molar-refractivity contribution in [2.75, 3.05) is 7.11 Å². The van der Waals surface area contributed by atoms with Crippen LogP contribution < -0.4 is 10.5 Å². The third kappa shape index (κ3) is 4.87. The van der Waals surface area contributed by atoms with E-state index in [1.54, 1.807) is 20.8 Å². The molecule has 0 aromatic heterocycles. The Kier molecular flexibility index (Phi) is 4.89. The number of ether oxygens (including phenoxy) is 2. The minimum absolute atomic E-state index is 0.0674. The van der Waals surface area contributed by atoms with Crippen LogP contribution in [0.25, 0.3) is 0 Å². The van der Waals surface area contributed by atoms with Gasteiger partial charge in [0, 0.05) is 6.42 Å². The van der Waals surface area contributed by atoms with Gasteiger partial charge in [0.1, 0.15) is 23.2 Å². The lowest BCUT2D eigenvalue weighted by Crippen LogP contribution is -2.39. The third-order valence-corrected chi connectivity index (χ3v) is 2.40. The molecule has 1 aromatic rings. The SMILES string of the molecule is COc1ccc(F)c(CC(N)C(=O)OC(C)(C)C)c1. The highest BCUT2D eigenvalue weighted by molar-refractivity contribution is 5.76. The van der Waals surface area contributed by atoms with Crippen molar-refractivity contribution in [2.45, 2.75) is 38.8 Å². The monoisotopic (exact) mass is 269 g/mol. The Morgan fingerprint density at radius 1 is 1.42 bits per heavy atom. The molecule has 0 bridgehead atoms. The Hall–Kier alpha value is -1.62. The Morgan fingerprint density at radius 3 is 2.58 bits per heavy atom. The Bertz CT molecular complexity index is 454. The second-order valence-corrected chi connectivity index (χ2v) is 5.30. The van der Waals surface area contributed by atoms with Gasteiger partial charge < -0.3 is 15.2 Å². The first kappa shape index (κ1) is 15.4. The summed E-state index contributed by atoms with van der Waals surface area (Å²) in [6.07, 6.45) is 0.0674. The van der Waals surface area contributed by atoms with E-state index in [0.29, 0.717) is 11.3 Å². The fourth-order valence-corrected chi connectivity index (χ4v) is 1.53. The minimum Gasteiger partial charge on any atom is -0.497 e. The molecule has 0 fully saturated rings. The summed E-state index contributed by atoms with van der Waals surface area (Å²) in [6, 6.07) is 3.42. The van der Waals surface area contributed by atoms with E-state index in [1.807, 2.05) is 0 Å². The summed E-state index contributed by atoms with van der Waals surface area (Å²) in [5.74, 6) is -0.442. The van der Waals surface area contributed by atoms with Crippen LogP contribution in [-0.2, 0) is 16.0 Å². The van der Waals surface area contributed by atoms with Gasteiger partial charge >= 0.3 is 5.97 Å². The summed E-state index contributed by atoms with van der Waals surface area (Å²) in [6.45, 7) is 5.26. The highest BCUT2D eigenvalue weighted by Gasteiger charge is 2.23. The van der Waals surface area contributed by atoms with Gasteiger partial charge in [-0.3, -0.25) is 4.79 Å². The maximum atomic E-state index is 13.6. The van der Waals surface area contributed by atoms with E-state index in [9.17, 15) is 9.18 Å². The van der Waals surface area contributed by atoms with Gasteiger partial charge in [-0.15, -0.1) is 0 Å². The van der Waals surface area contributed by atoms with Gasteiger partial charge in [-0.05, 0) is 44.5 Å². The van der Waals surface area contributed by atoms with Crippen molar-refractivity contribution in [3.05, 3.63) is 29.6 Å². The number of carbonyl (C=O) groups is 1. The van der Waals surface area contributed by atoms with Gasteiger partial charge in [0.25, 0.3) is 0 Å². The van der Waals surface area contributed by atoms with Crippen LogP contribution in [0.2, 0.25) is 0 Å². The van der Waals surface area contributed by atoms with Crippen LogP contribution >= 0.6 is 0 Å². The van der Waals surface area contributed by atoms with E-state index in [4.69, 9.17) is 15.2 Å². The average molecular weight is 269 g/mol. The molecular formula is C14H20FNO3. The lowest BCUT2D eigenvalue weighted by Gasteiger charge is -2.22. The van der Waals surface area contributed by atoms with E-state index < -0.39 is 23.4 Å². The summed E-state index contributed by atoms with van der Waals surface area (Å²) in [5, 5.41) is 0. The Balaban J connectivity index is 2.76.